The molecule has 56 valence electrons. The first kappa shape index (κ1) is 9.21. The zero-order valence-corrected chi connectivity index (χ0v) is 6.39. The van der Waals surface area contributed by atoms with Crippen LogP contribution in [0, 0.1) is 0 Å². The molecule has 0 heterocycles. The first-order chi connectivity index (χ1) is 4.27. The second-order valence-corrected chi connectivity index (χ2v) is 2.97. The van der Waals surface area contributed by atoms with E-state index >= 15 is 0 Å². The Bertz CT molecular complexity index is 57.0. The summed E-state index contributed by atoms with van der Waals surface area (Å²) in [5, 5.41) is 0. The molecular formula is C6H12F2S. The Kier molecular flexibility index (Phi) is 6.48. The van der Waals surface area contributed by atoms with Gasteiger partial charge in [0, 0.05) is 0 Å². The normalized spacial score (nSPS) is 10.7. The molecule has 0 bridgehead atoms. The summed E-state index contributed by atoms with van der Waals surface area (Å²) < 4.78 is 22.9. The zero-order chi connectivity index (χ0) is 7.11. The van der Waals surface area contributed by atoms with E-state index in [0.29, 0.717) is 0 Å². The average Bonchev–Trinajstić information content (AvgIpc) is 1.80. The number of alkyl halides is 2. The minimum Gasteiger partial charge on any atom is -0.210 e. The van der Waals surface area contributed by atoms with Gasteiger partial charge in [-0.3, -0.25) is 0 Å². The molecule has 0 N–H and O–H groups in total. The standard InChI is InChI=1S/C6H12F2S/c1-2-3-4-9-5-6(7)8/h6H,2-5H2,1H3. The van der Waals surface area contributed by atoms with E-state index < -0.39 is 6.43 Å². The van der Waals surface area contributed by atoms with Crippen LogP contribution in [0.2, 0.25) is 0 Å². The van der Waals surface area contributed by atoms with Gasteiger partial charge in [0.1, 0.15) is 0 Å². The highest BCUT2D eigenvalue weighted by Gasteiger charge is 1.99. The molecule has 0 spiro atoms. The van der Waals surface area contributed by atoms with Crippen LogP contribution >= 0.6 is 11.8 Å². The van der Waals surface area contributed by atoms with Crippen LogP contribution in [0.1, 0.15) is 19.8 Å². The van der Waals surface area contributed by atoms with Crippen molar-refractivity contribution in [1.82, 2.24) is 0 Å². The molecular weight excluding hydrogens is 142 g/mol. The van der Waals surface area contributed by atoms with Crippen LogP contribution in [0.3, 0.4) is 0 Å². The van der Waals surface area contributed by atoms with Gasteiger partial charge in [-0.1, -0.05) is 13.3 Å². The van der Waals surface area contributed by atoms with Crippen LogP contribution in [-0.2, 0) is 0 Å². The molecule has 0 fully saturated rings. The monoisotopic (exact) mass is 154 g/mol. The van der Waals surface area contributed by atoms with E-state index in [4.69, 9.17) is 0 Å². The summed E-state index contributed by atoms with van der Waals surface area (Å²) >= 11 is 1.34. The molecule has 9 heavy (non-hydrogen) atoms. The fourth-order valence-corrected chi connectivity index (χ4v) is 1.26. The third-order valence-electron chi connectivity index (χ3n) is 0.886. The van der Waals surface area contributed by atoms with Gasteiger partial charge in [0.2, 0.25) is 6.43 Å². The Morgan fingerprint density at radius 2 is 2.11 bits per heavy atom. The molecule has 0 aliphatic carbocycles. The van der Waals surface area contributed by atoms with Gasteiger partial charge < -0.3 is 0 Å². The quantitative estimate of drug-likeness (QED) is 0.549. The Labute approximate surface area is 59.0 Å². The second kappa shape index (κ2) is 6.33. The van der Waals surface area contributed by atoms with Crippen LogP contribution in [0.15, 0.2) is 0 Å². The van der Waals surface area contributed by atoms with E-state index in [0.717, 1.165) is 18.6 Å². The molecule has 0 aromatic rings. The highest BCUT2D eigenvalue weighted by atomic mass is 32.2. The molecule has 0 aliphatic heterocycles. The molecule has 0 radical (unpaired) electrons. The number of hydrogen-bond acceptors (Lipinski definition) is 1. The summed E-state index contributed by atoms with van der Waals surface area (Å²) in [6.07, 6.45) is 0.0139. The lowest BCUT2D eigenvalue weighted by Crippen LogP contribution is -1.94. The number of unbranched alkanes of at least 4 members (excludes halogenated alkanes) is 1. The van der Waals surface area contributed by atoms with E-state index in [1.165, 1.54) is 11.8 Å². The van der Waals surface area contributed by atoms with Gasteiger partial charge in [-0.05, 0) is 12.2 Å². The smallest absolute Gasteiger partial charge is 0.210 e. The van der Waals surface area contributed by atoms with Crippen molar-refractivity contribution < 1.29 is 8.78 Å². The minimum absolute atomic E-state index is 0. The molecule has 0 atom stereocenters. The highest BCUT2D eigenvalue weighted by Crippen LogP contribution is 2.08. The molecule has 0 unspecified atom stereocenters. The van der Waals surface area contributed by atoms with Crippen LogP contribution in [0.25, 0.3) is 0 Å². The molecule has 0 saturated carbocycles. The average molecular weight is 154 g/mol. The molecule has 0 rings (SSSR count). The van der Waals surface area contributed by atoms with Crippen molar-refractivity contribution in [1.29, 1.82) is 0 Å². The van der Waals surface area contributed by atoms with Crippen LogP contribution in [-0.4, -0.2) is 17.9 Å². The predicted molar refractivity (Wildman–Crippen MR) is 38.2 cm³/mol. The van der Waals surface area contributed by atoms with E-state index in [9.17, 15) is 8.78 Å². The fraction of sp³-hybridized carbons (Fsp3) is 1.00. The second-order valence-electron chi connectivity index (χ2n) is 1.82. The highest BCUT2D eigenvalue weighted by molar-refractivity contribution is 7.99. The van der Waals surface area contributed by atoms with Crippen molar-refractivity contribution >= 4 is 11.8 Å². The number of rotatable bonds is 5. The van der Waals surface area contributed by atoms with Gasteiger partial charge in [0.25, 0.3) is 0 Å². The van der Waals surface area contributed by atoms with Gasteiger partial charge in [0.05, 0.1) is 5.75 Å². The lowest BCUT2D eigenvalue weighted by atomic mass is 10.4. The van der Waals surface area contributed by atoms with Crippen LogP contribution < -0.4 is 0 Å². The topological polar surface area (TPSA) is 0 Å². The molecule has 0 amide bonds. The van der Waals surface area contributed by atoms with Gasteiger partial charge in [0.15, 0.2) is 0 Å². The van der Waals surface area contributed by atoms with E-state index in [1.807, 2.05) is 0 Å². The molecule has 3 heteroatoms. The maximum Gasteiger partial charge on any atom is 0.247 e. The molecule has 0 saturated heterocycles. The SMILES string of the molecule is CCCCSCC(F)F. The molecule has 0 aromatic carbocycles. The summed E-state index contributed by atoms with van der Waals surface area (Å²) in [5.41, 5.74) is 0. The van der Waals surface area contributed by atoms with Crippen molar-refractivity contribution in [2.24, 2.45) is 0 Å². The number of thioether (sulfide) groups is 1. The lowest BCUT2D eigenvalue weighted by molar-refractivity contribution is 0.177. The Hall–Kier alpha value is 0.210. The van der Waals surface area contributed by atoms with Crippen molar-refractivity contribution in [2.75, 3.05) is 11.5 Å². The maximum absolute atomic E-state index is 11.4. The maximum atomic E-state index is 11.4. The van der Waals surface area contributed by atoms with Gasteiger partial charge >= 0.3 is 0 Å². The Morgan fingerprint density at radius 3 is 2.56 bits per heavy atom. The van der Waals surface area contributed by atoms with E-state index in [-0.39, 0.29) is 5.75 Å². The fourth-order valence-electron chi connectivity index (χ4n) is 0.419. The Morgan fingerprint density at radius 1 is 1.44 bits per heavy atom. The predicted octanol–water partition coefficient (Wildman–Crippen LogP) is 2.78. The number of halogens is 2. The van der Waals surface area contributed by atoms with Crippen molar-refractivity contribution in [3.63, 3.8) is 0 Å². The van der Waals surface area contributed by atoms with Gasteiger partial charge in [-0.15, -0.1) is 0 Å². The summed E-state index contributed by atoms with van der Waals surface area (Å²) in [4.78, 5) is 0. The summed E-state index contributed by atoms with van der Waals surface area (Å²) in [6, 6.07) is 0. The first-order valence-electron chi connectivity index (χ1n) is 3.13. The summed E-state index contributed by atoms with van der Waals surface area (Å²) in [5.74, 6) is 0.876. The summed E-state index contributed by atoms with van der Waals surface area (Å²) in [6.45, 7) is 2.06. The number of hydrogen-bond donors (Lipinski definition) is 0. The van der Waals surface area contributed by atoms with Crippen molar-refractivity contribution in [3.8, 4) is 0 Å². The third kappa shape index (κ3) is 8.21. The largest absolute Gasteiger partial charge is 0.247 e. The third-order valence-corrected chi connectivity index (χ3v) is 1.95. The summed E-state index contributed by atoms with van der Waals surface area (Å²) in [7, 11) is 0. The van der Waals surface area contributed by atoms with Gasteiger partial charge in [-0.25, -0.2) is 8.78 Å². The molecule has 0 aliphatic rings. The molecule has 0 nitrogen and oxygen atoms in total. The van der Waals surface area contributed by atoms with Crippen LogP contribution in [0.5, 0.6) is 0 Å². The van der Waals surface area contributed by atoms with Crippen molar-refractivity contribution in [3.05, 3.63) is 0 Å². The lowest BCUT2D eigenvalue weighted by Gasteiger charge is -1.96. The van der Waals surface area contributed by atoms with Gasteiger partial charge in [-0.2, -0.15) is 11.8 Å². The molecule has 0 aromatic heterocycles. The zero-order valence-electron chi connectivity index (χ0n) is 5.57. The van der Waals surface area contributed by atoms with E-state index in [2.05, 4.69) is 6.92 Å². The first-order valence-corrected chi connectivity index (χ1v) is 4.28. The minimum atomic E-state index is -2.13. The van der Waals surface area contributed by atoms with Crippen molar-refractivity contribution in [2.45, 2.75) is 26.2 Å². The van der Waals surface area contributed by atoms with E-state index in [1.54, 1.807) is 0 Å². The van der Waals surface area contributed by atoms with Crippen LogP contribution in [0.4, 0.5) is 8.78 Å². The Balaban J connectivity index is 2.75.